The number of nitrogens with one attached hydrogen (secondary N) is 1. The first-order valence-corrected chi connectivity index (χ1v) is 4.40. The predicted molar refractivity (Wildman–Crippen MR) is 45.1 cm³/mol. The van der Waals surface area contributed by atoms with Crippen LogP contribution in [0, 0.1) is 5.41 Å². The fraction of sp³-hybridized carbons (Fsp3) is 1.00. The zero-order chi connectivity index (χ0) is 7.61. The van der Waals surface area contributed by atoms with Gasteiger partial charge in [0.25, 0.3) is 0 Å². The van der Waals surface area contributed by atoms with Crippen LogP contribution in [0.1, 0.15) is 40.0 Å². The summed E-state index contributed by atoms with van der Waals surface area (Å²) in [5.74, 6) is 0. The summed E-state index contributed by atoms with van der Waals surface area (Å²) in [6.07, 6.45) is 4.03. The minimum absolute atomic E-state index is 0.510. The molecule has 1 fully saturated rings. The van der Waals surface area contributed by atoms with Crippen LogP contribution >= 0.6 is 0 Å². The molecule has 1 aliphatic rings. The Morgan fingerprint density at radius 2 is 2.20 bits per heavy atom. The van der Waals surface area contributed by atoms with E-state index in [0.717, 1.165) is 6.04 Å². The monoisotopic (exact) mass is 141 g/mol. The Balaban J connectivity index is 2.45. The molecule has 1 aliphatic heterocycles. The van der Waals surface area contributed by atoms with E-state index in [0.29, 0.717) is 5.41 Å². The third-order valence-electron chi connectivity index (χ3n) is 2.91. The Bertz CT molecular complexity index is 101. The molecule has 0 aromatic carbocycles. The summed E-state index contributed by atoms with van der Waals surface area (Å²) in [4.78, 5) is 0. The van der Waals surface area contributed by atoms with E-state index in [4.69, 9.17) is 0 Å². The minimum Gasteiger partial charge on any atom is -0.313 e. The van der Waals surface area contributed by atoms with E-state index >= 15 is 0 Å². The maximum atomic E-state index is 3.55. The molecular formula is C9H19N. The van der Waals surface area contributed by atoms with Crippen molar-refractivity contribution in [3.8, 4) is 0 Å². The normalized spacial score (nSPS) is 27.3. The van der Waals surface area contributed by atoms with Gasteiger partial charge in [-0.1, -0.05) is 20.8 Å². The molecule has 1 atom stereocenters. The Labute approximate surface area is 64.2 Å². The Morgan fingerprint density at radius 3 is 2.60 bits per heavy atom. The summed E-state index contributed by atoms with van der Waals surface area (Å²) in [6, 6.07) is 0.775. The quantitative estimate of drug-likeness (QED) is 0.621. The van der Waals surface area contributed by atoms with Crippen molar-refractivity contribution in [2.75, 3.05) is 6.54 Å². The van der Waals surface area contributed by atoms with E-state index in [9.17, 15) is 0 Å². The molecule has 1 nitrogen and oxygen atoms in total. The molecule has 10 heavy (non-hydrogen) atoms. The molecule has 0 amide bonds. The highest BCUT2D eigenvalue weighted by Crippen LogP contribution is 2.29. The fourth-order valence-corrected chi connectivity index (χ4v) is 1.60. The molecule has 1 N–H and O–H groups in total. The zero-order valence-electron chi connectivity index (χ0n) is 7.41. The summed E-state index contributed by atoms with van der Waals surface area (Å²) in [5, 5.41) is 3.55. The summed E-state index contributed by atoms with van der Waals surface area (Å²) >= 11 is 0. The maximum Gasteiger partial charge on any atom is 0.0119 e. The summed E-state index contributed by atoms with van der Waals surface area (Å²) < 4.78 is 0. The number of hydrogen-bond acceptors (Lipinski definition) is 1. The van der Waals surface area contributed by atoms with Gasteiger partial charge < -0.3 is 5.32 Å². The van der Waals surface area contributed by atoms with Crippen LogP contribution in [0.5, 0.6) is 0 Å². The minimum atomic E-state index is 0.510. The van der Waals surface area contributed by atoms with Gasteiger partial charge in [-0.25, -0.2) is 0 Å². The maximum absolute atomic E-state index is 3.55. The van der Waals surface area contributed by atoms with Crippen molar-refractivity contribution < 1.29 is 0 Å². The molecular weight excluding hydrogens is 122 g/mol. The molecule has 0 saturated carbocycles. The van der Waals surface area contributed by atoms with Gasteiger partial charge in [0.1, 0.15) is 0 Å². The third kappa shape index (κ3) is 1.51. The van der Waals surface area contributed by atoms with Gasteiger partial charge in [-0.05, 0) is 31.2 Å². The van der Waals surface area contributed by atoms with Crippen LogP contribution in [0.15, 0.2) is 0 Å². The van der Waals surface area contributed by atoms with Crippen LogP contribution in [-0.4, -0.2) is 12.6 Å². The summed E-state index contributed by atoms with van der Waals surface area (Å²) in [5.41, 5.74) is 0.510. The van der Waals surface area contributed by atoms with Gasteiger partial charge in [0.15, 0.2) is 0 Å². The van der Waals surface area contributed by atoms with Gasteiger partial charge >= 0.3 is 0 Å². The van der Waals surface area contributed by atoms with Crippen molar-refractivity contribution in [1.82, 2.24) is 5.32 Å². The van der Waals surface area contributed by atoms with Crippen LogP contribution in [0.25, 0.3) is 0 Å². The van der Waals surface area contributed by atoms with E-state index in [1.54, 1.807) is 0 Å². The Hall–Kier alpha value is -0.0400. The Morgan fingerprint density at radius 1 is 1.50 bits per heavy atom. The van der Waals surface area contributed by atoms with Gasteiger partial charge in [0.05, 0.1) is 0 Å². The van der Waals surface area contributed by atoms with Gasteiger partial charge in [0, 0.05) is 6.04 Å². The van der Waals surface area contributed by atoms with Crippen LogP contribution in [-0.2, 0) is 0 Å². The van der Waals surface area contributed by atoms with Crippen LogP contribution < -0.4 is 5.32 Å². The smallest absolute Gasteiger partial charge is 0.0119 e. The van der Waals surface area contributed by atoms with Gasteiger partial charge in [-0.3, -0.25) is 0 Å². The van der Waals surface area contributed by atoms with Gasteiger partial charge in [-0.2, -0.15) is 0 Å². The Kier molecular flexibility index (Phi) is 2.35. The van der Waals surface area contributed by atoms with Crippen molar-refractivity contribution in [1.29, 1.82) is 0 Å². The average molecular weight is 141 g/mol. The van der Waals surface area contributed by atoms with Gasteiger partial charge in [-0.15, -0.1) is 0 Å². The molecule has 0 radical (unpaired) electrons. The highest BCUT2D eigenvalue weighted by Gasteiger charge is 2.29. The largest absolute Gasteiger partial charge is 0.313 e. The van der Waals surface area contributed by atoms with Crippen molar-refractivity contribution in [3.05, 3.63) is 0 Å². The van der Waals surface area contributed by atoms with E-state index < -0.39 is 0 Å². The van der Waals surface area contributed by atoms with Crippen molar-refractivity contribution in [2.45, 2.75) is 46.1 Å². The van der Waals surface area contributed by atoms with E-state index in [1.807, 2.05) is 0 Å². The van der Waals surface area contributed by atoms with E-state index in [-0.39, 0.29) is 0 Å². The molecule has 1 heterocycles. The molecule has 1 heteroatoms. The molecule has 0 unspecified atom stereocenters. The fourth-order valence-electron chi connectivity index (χ4n) is 1.60. The lowest BCUT2D eigenvalue weighted by atomic mass is 9.81. The second-order valence-electron chi connectivity index (χ2n) is 3.99. The molecule has 60 valence electrons. The lowest BCUT2D eigenvalue weighted by Gasteiger charge is -2.30. The summed E-state index contributed by atoms with van der Waals surface area (Å²) in [7, 11) is 0. The molecule has 0 aromatic rings. The average Bonchev–Trinajstić information content (AvgIpc) is 2.38. The topological polar surface area (TPSA) is 12.0 Å². The number of hydrogen-bond donors (Lipinski definition) is 1. The molecule has 1 saturated heterocycles. The zero-order valence-corrected chi connectivity index (χ0v) is 7.41. The van der Waals surface area contributed by atoms with Gasteiger partial charge in [0.2, 0.25) is 0 Å². The SMILES string of the molecule is CCC(C)(C)[C@@H]1CCCN1. The van der Waals surface area contributed by atoms with Crippen molar-refractivity contribution in [3.63, 3.8) is 0 Å². The molecule has 0 aliphatic carbocycles. The highest BCUT2D eigenvalue weighted by molar-refractivity contribution is 4.86. The summed E-state index contributed by atoms with van der Waals surface area (Å²) in [6.45, 7) is 8.22. The van der Waals surface area contributed by atoms with Crippen molar-refractivity contribution in [2.24, 2.45) is 5.41 Å². The highest BCUT2D eigenvalue weighted by atomic mass is 15.0. The van der Waals surface area contributed by atoms with Crippen LogP contribution in [0.3, 0.4) is 0 Å². The number of rotatable bonds is 2. The predicted octanol–water partition coefficient (Wildman–Crippen LogP) is 2.17. The molecule has 0 bridgehead atoms. The second-order valence-corrected chi connectivity index (χ2v) is 3.99. The third-order valence-corrected chi connectivity index (χ3v) is 2.91. The lowest BCUT2D eigenvalue weighted by Crippen LogP contribution is -2.36. The van der Waals surface area contributed by atoms with E-state index in [1.165, 1.54) is 25.8 Å². The molecule has 0 spiro atoms. The molecule has 1 rings (SSSR count). The first-order chi connectivity index (χ1) is 4.67. The standard InChI is InChI=1S/C9H19N/c1-4-9(2,3)8-6-5-7-10-8/h8,10H,4-7H2,1-3H3/t8-/m0/s1. The van der Waals surface area contributed by atoms with Crippen molar-refractivity contribution >= 4 is 0 Å². The molecule has 0 aromatic heterocycles. The lowest BCUT2D eigenvalue weighted by molar-refractivity contribution is 0.253. The van der Waals surface area contributed by atoms with Crippen LogP contribution in [0.4, 0.5) is 0 Å². The first-order valence-electron chi connectivity index (χ1n) is 4.40. The second kappa shape index (κ2) is 2.91. The van der Waals surface area contributed by atoms with E-state index in [2.05, 4.69) is 26.1 Å². The van der Waals surface area contributed by atoms with Crippen LogP contribution in [0.2, 0.25) is 0 Å². The first kappa shape index (κ1) is 8.06.